The van der Waals surface area contributed by atoms with Gasteiger partial charge in [-0.25, -0.2) is 9.59 Å². The van der Waals surface area contributed by atoms with Crippen molar-refractivity contribution in [1.29, 1.82) is 0 Å². The molecule has 0 aromatic rings. The van der Waals surface area contributed by atoms with E-state index in [0.717, 1.165) is 0 Å². The van der Waals surface area contributed by atoms with Gasteiger partial charge < -0.3 is 30.0 Å². The number of rotatable bonds is 0. The molecule has 0 saturated carbocycles. The maximum absolute atomic E-state index is 9.10. The fourth-order valence-corrected chi connectivity index (χ4v) is 0. The topological polar surface area (TPSA) is 155 Å². The van der Waals surface area contributed by atoms with Crippen LogP contribution in [0.25, 0.3) is 0 Å². The van der Waals surface area contributed by atoms with Crippen LogP contribution in [0.4, 0.5) is 0 Å². The molecule has 8 nitrogen and oxygen atoms in total. The average molecular weight is 297 g/mol. The van der Waals surface area contributed by atoms with Crippen LogP contribution >= 0.6 is 0 Å². The van der Waals surface area contributed by atoms with Gasteiger partial charge in [-0.2, -0.15) is 0 Å². The molecular weight excluding hydrogens is 295 g/mol. The van der Waals surface area contributed by atoms with Crippen molar-refractivity contribution in [1.82, 2.24) is 0 Å². The number of hydrogen-bond acceptors (Lipinski definition) is 6. The minimum atomic E-state index is -2.19. The van der Waals surface area contributed by atoms with Gasteiger partial charge >= 0.3 is 35.8 Å². The van der Waals surface area contributed by atoms with Gasteiger partial charge in [0.2, 0.25) is 0 Å². The van der Waals surface area contributed by atoms with Gasteiger partial charge in [0.25, 0.3) is 0 Å². The Balaban J connectivity index is -0.000000143. The van der Waals surface area contributed by atoms with Gasteiger partial charge in [-0.3, -0.25) is 0 Å². The molecule has 2 radical (unpaired) electrons. The Bertz CT molecular complexity index is 172. The molecule has 70 valence electrons. The zero-order chi connectivity index (χ0) is 10.3. The van der Waals surface area contributed by atoms with Crippen LogP contribution in [0.15, 0.2) is 0 Å². The summed E-state index contributed by atoms with van der Waals surface area (Å²) in [6.07, 6.45) is 0. The Labute approximate surface area is 87.7 Å². The Morgan fingerprint density at radius 3 is 0.923 bits per heavy atom. The molecule has 0 bridgehead atoms. The molecule has 0 saturated heterocycles. The van der Waals surface area contributed by atoms with E-state index < -0.39 is 23.9 Å². The summed E-state index contributed by atoms with van der Waals surface area (Å²) in [5, 5.41) is 32.6. The molecule has 0 aromatic heterocycles. The molecular formula is C4H2O8Sn. The molecule has 0 unspecified atom stereocenters. The third-order valence-electron chi connectivity index (χ3n) is 0.350. The summed E-state index contributed by atoms with van der Waals surface area (Å²) in [5.41, 5.74) is 0. The van der Waals surface area contributed by atoms with Crippen molar-refractivity contribution >= 4 is 47.8 Å². The van der Waals surface area contributed by atoms with Crippen LogP contribution in [0.5, 0.6) is 0 Å². The molecule has 9 heteroatoms. The monoisotopic (exact) mass is 298 g/mol. The van der Waals surface area contributed by atoms with E-state index >= 15 is 0 Å². The maximum atomic E-state index is 9.10. The minimum absolute atomic E-state index is 0. The van der Waals surface area contributed by atoms with Gasteiger partial charge in [0, 0.05) is 0 Å². The minimum Gasteiger partial charge on any atom is -0.543 e. The van der Waals surface area contributed by atoms with E-state index in [4.69, 9.17) is 39.6 Å². The van der Waals surface area contributed by atoms with E-state index in [2.05, 4.69) is 0 Å². The van der Waals surface area contributed by atoms with Crippen molar-refractivity contribution in [3.05, 3.63) is 0 Å². The summed E-state index contributed by atoms with van der Waals surface area (Å²) >= 11 is 0. The van der Waals surface area contributed by atoms with Gasteiger partial charge in [0.1, 0.15) is 0 Å². The Hall–Kier alpha value is -1.32. The van der Waals surface area contributed by atoms with E-state index in [1.54, 1.807) is 0 Å². The summed E-state index contributed by atoms with van der Waals surface area (Å²) in [5.74, 6) is -8.02. The molecule has 0 aromatic carbocycles. The number of aliphatic carboxylic acids is 4. The van der Waals surface area contributed by atoms with Gasteiger partial charge in [-0.15, -0.1) is 0 Å². The zero-order valence-corrected chi connectivity index (χ0v) is 8.70. The summed E-state index contributed by atoms with van der Waals surface area (Å²) in [6.45, 7) is 0. The number of carboxylic acid groups (broad SMARTS) is 4. The SMILES string of the molecule is O=C(O)C(=O)O.O=C([O-])C(=O)[O-].[Sn+2]. The smallest absolute Gasteiger partial charge is 0.543 e. The van der Waals surface area contributed by atoms with Crippen molar-refractivity contribution in [3.63, 3.8) is 0 Å². The normalized spacial score (nSPS) is 6.77. The number of carbonyl (C=O) groups is 4. The zero-order valence-electron chi connectivity index (χ0n) is 5.84. The molecule has 13 heavy (non-hydrogen) atoms. The number of carboxylic acids is 4. The number of hydrogen-bond donors (Lipinski definition) is 2. The van der Waals surface area contributed by atoms with E-state index in [1.165, 1.54) is 0 Å². The quantitative estimate of drug-likeness (QED) is 0.333. The standard InChI is InChI=1S/2C2H2O4.Sn/c2*3-1(4)2(5)6;/h2*(H,3,4)(H,5,6);/q;;+2/p-2. The van der Waals surface area contributed by atoms with Crippen LogP contribution < -0.4 is 10.2 Å². The average Bonchev–Trinajstić information content (AvgIpc) is 1.88. The van der Waals surface area contributed by atoms with Crippen LogP contribution in [0, 0.1) is 0 Å². The predicted octanol–water partition coefficient (Wildman–Crippen LogP) is -4.74. The Morgan fingerprint density at radius 2 is 0.923 bits per heavy atom. The third-order valence-corrected chi connectivity index (χ3v) is 0.350. The predicted molar refractivity (Wildman–Crippen MR) is 31.0 cm³/mol. The van der Waals surface area contributed by atoms with Crippen LogP contribution in [0.3, 0.4) is 0 Å². The van der Waals surface area contributed by atoms with E-state index in [9.17, 15) is 0 Å². The third kappa shape index (κ3) is 18.0. The Kier molecular flexibility index (Phi) is 11.9. The molecule has 0 amide bonds. The van der Waals surface area contributed by atoms with Gasteiger partial charge in [-0.05, 0) is 0 Å². The van der Waals surface area contributed by atoms with E-state index in [0.29, 0.717) is 0 Å². The molecule has 0 atom stereocenters. The first kappa shape index (κ1) is 17.7. The molecule has 0 fully saturated rings. The van der Waals surface area contributed by atoms with Crippen LogP contribution in [-0.2, 0) is 19.2 Å². The van der Waals surface area contributed by atoms with Crippen molar-refractivity contribution in [2.24, 2.45) is 0 Å². The van der Waals surface area contributed by atoms with Gasteiger partial charge in [0.15, 0.2) is 0 Å². The van der Waals surface area contributed by atoms with Crippen LogP contribution in [0.2, 0.25) is 0 Å². The fraction of sp³-hybridized carbons (Fsp3) is 0. The fourth-order valence-electron chi connectivity index (χ4n) is 0. The molecule has 0 heterocycles. The van der Waals surface area contributed by atoms with Crippen molar-refractivity contribution in [2.45, 2.75) is 0 Å². The van der Waals surface area contributed by atoms with Gasteiger partial charge in [0.05, 0.1) is 11.9 Å². The maximum Gasteiger partial charge on any atom is 2.00 e. The molecule has 0 aliphatic heterocycles. The van der Waals surface area contributed by atoms with E-state index in [-0.39, 0.29) is 23.9 Å². The largest absolute Gasteiger partial charge is 2.00 e. The summed E-state index contributed by atoms with van der Waals surface area (Å²) in [7, 11) is 0. The van der Waals surface area contributed by atoms with Crippen molar-refractivity contribution in [2.75, 3.05) is 0 Å². The first-order chi connectivity index (χ1) is 5.29. The van der Waals surface area contributed by atoms with Crippen molar-refractivity contribution in [3.8, 4) is 0 Å². The van der Waals surface area contributed by atoms with Crippen LogP contribution in [0.1, 0.15) is 0 Å². The second kappa shape index (κ2) is 8.77. The van der Waals surface area contributed by atoms with Crippen molar-refractivity contribution < 1.29 is 39.6 Å². The van der Waals surface area contributed by atoms with E-state index in [1.807, 2.05) is 0 Å². The second-order valence-electron chi connectivity index (χ2n) is 1.19. The summed E-state index contributed by atoms with van der Waals surface area (Å²) in [4.78, 5) is 36.1. The molecule has 0 aliphatic carbocycles. The molecule has 0 aliphatic rings. The second-order valence-corrected chi connectivity index (χ2v) is 1.19. The molecule has 0 spiro atoms. The summed E-state index contributed by atoms with van der Waals surface area (Å²) in [6, 6.07) is 0. The first-order valence-corrected chi connectivity index (χ1v) is 2.17. The molecule has 2 N–H and O–H groups in total. The Morgan fingerprint density at radius 1 is 0.769 bits per heavy atom. The van der Waals surface area contributed by atoms with Crippen LogP contribution in [-0.4, -0.2) is 58.0 Å². The summed E-state index contributed by atoms with van der Waals surface area (Å²) < 4.78 is 0. The first-order valence-electron chi connectivity index (χ1n) is 2.17. The number of carbonyl (C=O) groups excluding carboxylic acids is 2. The molecule has 0 rings (SSSR count). The van der Waals surface area contributed by atoms with Gasteiger partial charge in [-0.1, -0.05) is 0 Å².